The van der Waals surface area contributed by atoms with Crippen LogP contribution in [-0.4, -0.2) is 13.6 Å². The van der Waals surface area contributed by atoms with Gasteiger partial charge < -0.3 is 4.52 Å². The van der Waals surface area contributed by atoms with Gasteiger partial charge >= 0.3 is 0 Å². The molecule has 1 aliphatic carbocycles. The van der Waals surface area contributed by atoms with Crippen molar-refractivity contribution in [3.63, 3.8) is 0 Å². The molecule has 1 heterocycles. The van der Waals surface area contributed by atoms with Crippen LogP contribution in [0.25, 0.3) is 16.7 Å². The van der Waals surface area contributed by atoms with E-state index >= 15 is 0 Å². The number of benzene rings is 1. The third-order valence-corrected chi connectivity index (χ3v) is 4.58. The van der Waals surface area contributed by atoms with Crippen molar-refractivity contribution >= 4 is 15.6 Å². The first-order chi connectivity index (χ1) is 10.5. The number of nitrogens with two attached hydrogens (primary N) is 1. The van der Waals surface area contributed by atoms with Gasteiger partial charge in [0, 0.05) is 0 Å². The molecule has 0 amide bonds. The number of rotatable bonds is 3. The summed E-state index contributed by atoms with van der Waals surface area (Å²) in [5.74, 6) is 0.703. The number of hydrogen-bond acceptors (Lipinski definition) is 4. The summed E-state index contributed by atoms with van der Waals surface area (Å²) in [5.41, 5.74) is 3.68. The highest BCUT2D eigenvalue weighted by molar-refractivity contribution is 7.89. The lowest BCUT2D eigenvalue weighted by molar-refractivity contribution is 0.396. The summed E-state index contributed by atoms with van der Waals surface area (Å²) >= 11 is 0. The zero-order valence-corrected chi connectivity index (χ0v) is 12.9. The van der Waals surface area contributed by atoms with Gasteiger partial charge in [-0.1, -0.05) is 35.5 Å². The largest absolute Gasteiger partial charge is 0.360 e. The van der Waals surface area contributed by atoms with Crippen LogP contribution in [0.15, 0.2) is 51.9 Å². The van der Waals surface area contributed by atoms with E-state index in [9.17, 15) is 8.42 Å². The molecule has 2 aromatic rings. The number of allylic oxidation sites excluding steroid dienone is 4. The lowest BCUT2D eigenvalue weighted by Crippen LogP contribution is -2.11. The van der Waals surface area contributed by atoms with Gasteiger partial charge in [0.05, 0.1) is 10.5 Å². The van der Waals surface area contributed by atoms with Gasteiger partial charge in [0.1, 0.15) is 11.5 Å². The number of aryl methyl sites for hydroxylation is 1. The van der Waals surface area contributed by atoms with Crippen LogP contribution in [-0.2, 0) is 10.0 Å². The lowest BCUT2D eigenvalue weighted by atomic mass is 9.95. The van der Waals surface area contributed by atoms with Gasteiger partial charge in [-0.15, -0.1) is 0 Å². The van der Waals surface area contributed by atoms with Crippen molar-refractivity contribution in [1.29, 1.82) is 0 Å². The maximum Gasteiger partial charge on any atom is 0.238 e. The summed E-state index contributed by atoms with van der Waals surface area (Å²) in [5, 5.41) is 9.29. The zero-order valence-electron chi connectivity index (χ0n) is 12.1. The number of primary sulfonamides is 1. The average Bonchev–Trinajstić information content (AvgIpc) is 2.89. The Bertz CT molecular complexity index is 859. The predicted octanol–water partition coefficient (Wildman–Crippen LogP) is 3.03. The Morgan fingerprint density at radius 2 is 1.95 bits per heavy atom. The van der Waals surface area contributed by atoms with Crippen molar-refractivity contribution in [3.8, 4) is 11.1 Å². The number of hydrogen-bond donors (Lipinski definition) is 1. The second-order valence-corrected chi connectivity index (χ2v) is 6.75. The molecule has 1 aliphatic rings. The van der Waals surface area contributed by atoms with E-state index in [1.165, 1.54) is 12.1 Å². The molecule has 6 heteroatoms. The standard InChI is InChI=1S/C16H16N2O3S/c1-11-15(12-7-9-14(10-8-12)22(17,19)20)16(18-21-11)13-5-3-2-4-6-13/h2-3,5,7-10H,4,6H2,1H3,(H2,17,19,20). The third-order valence-electron chi connectivity index (χ3n) is 3.65. The fraction of sp³-hybridized carbons (Fsp3) is 0.188. The molecule has 0 saturated heterocycles. The smallest absolute Gasteiger partial charge is 0.238 e. The molecule has 2 N–H and O–H groups in total. The summed E-state index contributed by atoms with van der Waals surface area (Å²) < 4.78 is 28.0. The second-order valence-electron chi connectivity index (χ2n) is 5.19. The SMILES string of the molecule is Cc1onc(C2=CC=CCC2)c1-c1ccc(S(N)(=O)=O)cc1. The van der Waals surface area contributed by atoms with Crippen LogP contribution in [0.1, 0.15) is 24.3 Å². The van der Waals surface area contributed by atoms with Crippen LogP contribution in [0, 0.1) is 6.92 Å². The number of nitrogens with zero attached hydrogens (tertiary/aromatic N) is 1. The molecule has 1 aromatic heterocycles. The van der Waals surface area contributed by atoms with Crippen LogP contribution in [0.2, 0.25) is 0 Å². The Kier molecular flexibility index (Phi) is 3.72. The minimum absolute atomic E-state index is 0.0896. The fourth-order valence-corrected chi connectivity index (χ4v) is 3.06. The van der Waals surface area contributed by atoms with Crippen LogP contribution in [0.3, 0.4) is 0 Å². The predicted molar refractivity (Wildman–Crippen MR) is 84.4 cm³/mol. The minimum Gasteiger partial charge on any atom is -0.360 e. The van der Waals surface area contributed by atoms with Gasteiger partial charge in [-0.2, -0.15) is 0 Å². The van der Waals surface area contributed by atoms with E-state index in [-0.39, 0.29) is 4.90 Å². The third kappa shape index (κ3) is 2.75. The highest BCUT2D eigenvalue weighted by Gasteiger charge is 2.19. The van der Waals surface area contributed by atoms with Crippen LogP contribution < -0.4 is 5.14 Å². The monoisotopic (exact) mass is 316 g/mol. The van der Waals surface area contributed by atoms with Crippen molar-refractivity contribution in [1.82, 2.24) is 5.16 Å². The molecule has 0 unspecified atom stereocenters. The van der Waals surface area contributed by atoms with E-state index in [1.807, 2.05) is 19.1 Å². The Morgan fingerprint density at radius 3 is 2.55 bits per heavy atom. The summed E-state index contributed by atoms with van der Waals surface area (Å²) in [6.45, 7) is 1.85. The molecule has 3 rings (SSSR count). The normalized spacial score (nSPS) is 14.9. The molecule has 0 bridgehead atoms. The van der Waals surface area contributed by atoms with E-state index in [2.05, 4.69) is 11.2 Å². The van der Waals surface area contributed by atoms with Gasteiger partial charge in [-0.25, -0.2) is 13.6 Å². The summed E-state index contributed by atoms with van der Waals surface area (Å²) in [4.78, 5) is 0.0896. The highest BCUT2D eigenvalue weighted by atomic mass is 32.2. The summed E-state index contributed by atoms with van der Waals surface area (Å²) in [7, 11) is -3.69. The maximum absolute atomic E-state index is 11.3. The highest BCUT2D eigenvalue weighted by Crippen LogP contribution is 2.34. The molecule has 0 aliphatic heterocycles. The molecule has 0 atom stereocenters. The summed E-state index contributed by atoms with van der Waals surface area (Å²) in [6, 6.07) is 6.44. The molecule has 0 fully saturated rings. The molecule has 22 heavy (non-hydrogen) atoms. The Morgan fingerprint density at radius 1 is 1.23 bits per heavy atom. The van der Waals surface area contributed by atoms with Crippen LogP contribution in [0.5, 0.6) is 0 Å². The van der Waals surface area contributed by atoms with E-state index in [0.29, 0.717) is 5.76 Å². The molecule has 5 nitrogen and oxygen atoms in total. The topological polar surface area (TPSA) is 86.2 Å². The zero-order chi connectivity index (χ0) is 15.7. The molecule has 0 spiro atoms. The van der Waals surface area contributed by atoms with Gasteiger partial charge in [0.2, 0.25) is 10.0 Å². The van der Waals surface area contributed by atoms with Gasteiger partial charge in [0.15, 0.2) is 0 Å². The Labute approximate surface area is 129 Å². The van der Waals surface area contributed by atoms with Crippen molar-refractivity contribution in [3.05, 3.63) is 53.9 Å². The Balaban J connectivity index is 2.07. The van der Waals surface area contributed by atoms with Crippen molar-refractivity contribution in [2.45, 2.75) is 24.7 Å². The quantitative estimate of drug-likeness (QED) is 0.943. The lowest BCUT2D eigenvalue weighted by Gasteiger charge is -2.09. The molecule has 1 aromatic carbocycles. The van der Waals surface area contributed by atoms with Gasteiger partial charge in [-0.3, -0.25) is 0 Å². The molecule has 0 saturated carbocycles. The minimum atomic E-state index is -3.69. The average molecular weight is 316 g/mol. The first kappa shape index (κ1) is 14.7. The number of aromatic nitrogens is 1. The summed E-state index contributed by atoms with van der Waals surface area (Å²) in [6.07, 6.45) is 8.03. The maximum atomic E-state index is 11.3. The molecule has 0 radical (unpaired) electrons. The van der Waals surface area contributed by atoms with Crippen molar-refractivity contribution in [2.24, 2.45) is 5.14 Å². The van der Waals surface area contributed by atoms with E-state index in [0.717, 1.165) is 35.2 Å². The molecular weight excluding hydrogens is 300 g/mol. The van der Waals surface area contributed by atoms with Gasteiger partial charge in [-0.05, 0) is 43.0 Å². The molecular formula is C16H16N2O3S. The Hall–Kier alpha value is -2.18. The molecule has 114 valence electrons. The van der Waals surface area contributed by atoms with Crippen molar-refractivity contribution in [2.75, 3.05) is 0 Å². The van der Waals surface area contributed by atoms with Crippen LogP contribution >= 0.6 is 0 Å². The first-order valence-corrected chi connectivity index (χ1v) is 8.47. The van der Waals surface area contributed by atoms with E-state index in [4.69, 9.17) is 9.66 Å². The fourth-order valence-electron chi connectivity index (χ4n) is 2.54. The van der Waals surface area contributed by atoms with Gasteiger partial charge in [0.25, 0.3) is 0 Å². The number of sulfonamides is 1. The van der Waals surface area contributed by atoms with Crippen molar-refractivity contribution < 1.29 is 12.9 Å². The van der Waals surface area contributed by atoms with Crippen LogP contribution in [0.4, 0.5) is 0 Å². The second kappa shape index (κ2) is 5.55. The van der Waals surface area contributed by atoms with E-state index < -0.39 is 10.0 Å². The first-order valence-electron chi connectivity index (χ1n) is 6.92. The van der Waals surface area contributed by atoms with E-state index in [1.54, 1.807) is 12.1 Å².